The molecular formula is C15H22N4O. The zero-order valence-corrected chi connectivity index (χ0v) is 11.9. The van der Waals surface area contributed by atoms with Gasteiger partial charge in [-0.25, -0.2) is 9.78 Å². The van der Waals surface area contributed by atoms with Gasteiger partial charge in [0.15, 0.2) is 0 Å². The summed E-state index contributed by atoms with van der Waals surface area (Å²) in [4.78, 5) is 16.6. The molecule has 0 spiro atoms. The van der Waals surface area contributed by atoms with Crippen LogP contribution in [0.5, 0.6) is 0 Å². The minimum absolute atomic E-state index is 0.0174. The molecule has 1 aliphatic heterocycles. The van der Waals surface area contributed by atoms with Crippen LogP contribution in [0.4, 0.5) is 4.79 Å². The highest BCUT2D eigenvalue weighted by molar-refractivity contribution is 5.74. The Morgan fingerprint density at radius 1 is 1.30 bits per heavy atom. The molecular weight excluding hydrogens is 252 g/mol. The summed E-state index contributed by atoms with van der Waals surface area (Å²) >= 11 is 0. The maximum absolute atomic E-state index is 12.2. The van der Waals surface area contributed by atoms with Crippen LogP contribution >= 0.6 is 0 Å². The summed E-state index contributed by atoms with van der Waals surface area (Å²) < 4.78 is 2.16. The number of nitrogens with zero attached hydrogens (tertiary/aromatic N) is 2. The van der Waals surface area contributed by atoms with E-state index in [0.717, 1.165) is 24.1 Å². The number of fused-ring (bicyclic) bond motifs is 3. The first-order chi connectivity index (χ1) is 9.70. The molecule has 2 saturated carbocycles. The molecule has 2 N–H and O–H groups in total. The summed E-state index contributed by atoms with van der Waals surface area (Å²) in [6.07, 6.45) is 9.89. The summed E-state index contributed by atoms with van der Waals surface area (Å²) in [6, 6.07) is 0.849. The van der Waals surface area contributed by atoms with Crippen LogP contribution in [-0.2, 0) is 0 Å². The van der Waals surface area contributed by atoms with Crippen LogP contribution in [0.15, 0.2) is 12.4 Å². The lowest BCUT2D eigenvalue weighted by molar-refractivity contribution is 0.226. The number of hydrogen-bond donors (Lipinski definition) is 2. The first-order valence-electron chi connectivity index (χ1n) is 7.80. The third-order valence-electron chi connectivity index (χ3n) is 5.42. The van der Waals surface area contributed by atoms with Gasteiger partial charge in [0.2, 0.25) is 0 Å². The molecule has 2 bridgehead atoms. The van der Waals surface area contributed by atoms with Crippen LogP contribution in [0.3, 0.4) is 0 Å². The third-order valence-corrected chi connectivity index (χ3v) is 5.42. The van der Waals surface area contributed by atoms with Crippen LogP contribution in [-0.4, -0.2) is 21.6 Å². The number of imidazole rings is 1. The number of urea groups is 1. The third kappa shape index (κ3) is 1.91. The normalized spacial score (nSPS) is 38.0. The average molecular weight is 274 g/mol. The number of carbonyl (C=O) groups is 1. The van der Waals surface area contributed by atoms with Gasteiger partial charge in [-0.1, -0.05) is 6.42 Å². The Labute approximate surface area is 119 Å². The summed E-state index contributed by atoms with van der Waals surface area (Å²) in [6.45, 7) is 2.17. The molecule has 2 amide bonds. The van der Waals surface area contributed by atoms with Gasteiger partial charge in [0.1, 0.15) is 5.82 Å². The van der Waals surface area contributed by atoms with Gasteiger partial charge >= 0.3 is 6.03 Å². The highest BCUT2D eigenvalue weighted by Crippen LogP contribution is 2.44. The second-order valence-corrected chi connectivity index (χ2v) is 6.73. The van der Waals surface area contributed by atoms with E-state index in [2.05, 4.69) is 27.1 Å². The van der Waals surface area contributed by atoms with Crippen LogP contribution in [0.25, 0.3) is 0 Å². The average Bonchev–Trinajstić information content (AvgIpc) is 3.15. The van der Waals surface area contributed by atoms with Crippen molar-refractivity contribution in [2.24, 2.45) is 11.8 Å². The molecule has 5 nitrogen and oxygen atoms in total. The van der Waals surface area contributed by atoms with E-state index >= 15 is 0 Å². The van der Waals surface area contributed by atoms with Crippen molar-refractivity contribution in [2.45, 2.75) is 57.2 Å². The fraction of sp³-hybridized carbons (Fsp3) is 0.733. The molecule has 5 atom stereocenters. The van der Waals surface area contributed by atoms with Crippen molar-refractivity contribution in [1.82, 2.24) is 20.2 Å². The number of nitrogens with one attached hydrogen (secondary N) is 2. The Balaban J connectivity index is 1.37. The minimum atomic E-state index is -0.0174. The van der Waals surface area contributed by atoms with E-state index in [1.165, 1.54) is 25.7 Å². The SMILES string of the molecule is CC1CC(NC(=O)NC2CC3CCC2C3)c2nccn21. The van der Waals surface area contributed by atoms with Crippen molar-refractivity contribution in [2.75, 3.05) is 0 Å². The summed E-state index contributed by atoms with van der Waals surface area (Å²) in [5.41, 5.74) is 0. The zero-order valence-electron chi connectivity index (χ0n) is 11.9. The highest BCUT2D eigenvalue weighted by Gasteiger charge is 2.40. The lowest BCUT2D eigenvalue weighted by Crippen LogP contribution is -2.45. The molecule has 0 aromatic carbocycles. The maximum Gasteiger partial charge on any atom is 0.315 e. The van der Waals surface area contributed by atoms with Gasteiger partial charge in [0, 0.05) is 24.5 Å². The van der Waals surface area contributed by atoms with Crippen molar-refractivity contribution in [3.63, 3.8) is 0 Å². The topological polar surface area (TPSA) is 59.0 Å². The Hall–Kier alpha value is -1.52. The molecule has 4 rings (SSSR count). The summed E-state index contributed by atoms with van der Waals surface area (Å²) in [7, 11) is 0. The molecule has 0 radical (unpaired) electrons. The lowest BCUT2D eigenvalue weighted by Gasteiger charge is -2.24. The maximum atomic E-state index is 12.2. The van der Waals surface area contributed by atoms with E-state index in [1.807, 2.05) is 12.4 Å². The monoisotopic (exact) mass is 274 g/mol. The Bertz CT molecular complexity index is 526. The molecule has 2 fully saturated rings. The van der Waals surface area contributed by atoms with E-state index in [9.17, 15) is 4.79 Å². The standard InChI is InChI=1S/C15H22N4O/c1-9-6-13(14-16-4-5-19(9)14)18-15(20)17-12-8-10-2-3-11(12)7-10/h4-5,9-13H,2-3,6-8H2,1H3,(H2,17,18,20). The minimum Gasteiger partial charge on any atom is -0.335 e. The van der Waals surface area contributed by atoms with Crippen LogP contribution in [0, 0.1) is 11.8 Å². The van der Waals surface area contributed by atoms with Crippen LogP contribution in [0.1, 0.15) is 56.9 Å². The van der Waals surface area contributed by atoms with E-state index in [0.29, 0.717) is 12.1 Å². The largest absolute Gasteiger partial charge is 0.335 e. The fourth-order valence-corrected chi connectivity index (χ4v) is 4.44. The van der Waals surface area contributed by atoms with E-state index in [1.54, 1.807) is 0 Å². The molecule has 5 unspecified atom stereocenters. The molecule has 2 aliphatic carbocycles. The second-order valence-electron chi connectivity index (χ2n) is 6.73. The smallest absolute Gasteiger partial charge is 0.315 e. The number of carbonyl (C=O) groups excluding carboxylic acids is 1. The Morgan fingerprint density at radius 2 is 2.20 bits per heavy atom. The molecule has 1 aromatic heterocycles. The zero-order chi connectivity index (χ0) is 13.7. The van der Waals surface area contributed by atoms with E-state index in [4.69, 9.17) is 0 Å². The molecule has 5 heteroatoms. The number of hydrogen-bond acceptors (Lipinski definition) is 2. The molecule has 2 heterocycles. The van der Waals surface area contributed by atoms with Crippen molar-refractivity contribution in [3.05, 3.63) is 18.2 Å². The van der Waals surface area contributed by atoms with Crippen LogP contribution in [0.2, 0.25) is 0 Å². The Kier molecular flexibility index (Phi) is 2.75. The van der Waals surface area contributed by atoms with Crippen molar-refractivity contribution < 1.29 is 4.79 Å². The quantitative estimate of drug-likeness (QED) is 0.870. The van der Waals surface area contributed by atoms with Gasteiger partial charge in [0.05, 0.1) is 6.04 Å². The second kappa shape index (κ2) is 4.50. The molecule has 1 aromatic rings. The van der Waals surface area contributed by atoms with Crippen molar-refractivity contribution >= 4 is 6.03 Å². The van der Waals surface area contributed by atoms with Gasteiger partial charge in [-0.3, -0.25) is 0 Å². The first kappa shape index (κ1) is 12.2. The molecule has 0 saturated heterocycles. The predicted molar refractivity (Wildman–Crippen MR) is 75.2 cm³/mol. The number of rotatable bonds is 2. The van der Waals surface area contributed by atoms with Gasteiger partial charge in [-0.2, -0.15) is 0 Å². The van der Waals surface area contributed by atoms with Gasteiger partial charge in [-0.05, 0) is 44.4 Å². The van der Waals surface area contributed by atoms with Crippen molar-refractivity contribution in [1.29, 1.82) is 0 Å². The van der Waals surface area contributed by atoms with Gasteiger partial charge in [0.25, 0.3) is 0 Å². The van der Waals surface area contributed by atoms with Gasteiger partial charge < -0.3 is 15.2 Å². The highest BCUT2D eigenvalue weighted by atomic mass is 16.2. The summed E-state index contributed by atoms with van der Waals surface area (Å²) in [5, 5.41) is 6.29. The van der Waals surface area contributed by atoms with Crippen LogP contribution < -0.4 is 10.6 Å². The Morgan fingerprint density at radius 3 is 2.95 bits per heavy atom. The first-order valence-corrected chi connectivity index (χ1v) is 7.80. The number of amides is 2. The summed E-state index contributed by atoms with van der Waals surface area (Å²) in [5.74, 6) is 2.56. The lowest BCUT2D eigenvalue weighted by atomic mass is 9.95. The molecule has 108 valence electrons. The van der Waals surface area contributed by atoms with Crippen molar-refractivity contribution in [3.8, 4) is 0 Å². The fourth-order valence-electron chi connectivity index (χ4n) is 4.44. The van der Waals surface area contributed by atoms with E-state index < -0.39 is 0 Å². The number of aromatic nitrogens is 2. The van der Waals surface area contributed by atoms with Gasteiger partial charge in [-0.15, -0.1) is 0 Å². The predicted octanol–water partition coefficient (Wildman–Crippen LogP) is 2.38. The molecule has 20 heavy (non-hydrogen) atoms. The molecule has 3 aliphatic rings. The van der Waals surface area contributed by atoms with E-state index in [-0.39, 0.29) is 12.1 Å².